The van der Waals surface area contributed by atoms with Gasteiger partial charge in [0.25, 0.3) is 0 Å². The van der Waals surface area contributed by atoms with Gasteiger partial charge in [-0.15, -0.1) is 0 Å². The Hall–Kier alpha value is -1.60. The average molecular weight is 272 g/mol. The van der Waals surface area contributed by atoms with Crippen LogP contribution in [0.2, 0.25) is 0 Å². The van der Waals surface area contributed by atoms with Gasteiger partial charge in [0.2, 0.25) is 10.0 Å². The maximum absolute atomic E-state index is 11.1. The molecule has 0 atom stereocenters. The van der Waals surface area contributed by atoms with E-state index in [2.05, 4.69) is 5.32 Å². The summed E-state index contributed by atoms with van der Waals surface area (Å²) in [6.07, 6.45) is 0.255. The molecule has 0 aliphatic carbocycles. The fourth-order valence-corrected chi connectivity index (χ4v) is 1.82. The summed E-state index contributed by atoms with van der Waals surface area (Å²) in [5.41, 5.74) is 0.715. The molecule has 0 bridgehead atoms. The Morgan fingerprint density at radius 3 is 2.44 bits per heavy atom. The third kappa shape index (κ3) is 4.72. The lowest BCUT2D eigenvalue weighted by molar-refractivity contribution is -0.142. The number of carbonyl (C=O) groups is 1. The minimum Gasteiger partial charge on any atom is -0.466 e. The second-order valence-corrected chi connectivity index (χ2v) is 5.11. The summed E-state index contributed by atoms with van der Waals surface area (Å²) in [5.74, 6) is -0.272. The molecular formula is C11H16N2O4S. The number of carbonyl (C=O) groups excluding carboxylic acids is 1. The first-order valence-corrected chi connectivity index (χ1v) is 7.00. The van der Waals surface area contributed by atoms with Crippen molar-refractivity contribution in [3.8, 4) is 0 Å². The Bertz CT molecular complexity index is 496. The molecule has 18 heavy (non-hydrogen) atoms. The Labute approximate surface area is 106 Å². The smallest absolute Gasteiger partial charge is 0.307 e. The van der Waals surface area contributed by atoms with E-state index in [-0.39, 0.29) is 17.3 Å². The molecule has 0 spiro atoms. The van der Waals surface area contributed by atoms with Gasteiger partial charge < -0.3 is 10.1 Å². The third-order valence-electron chi connectivity index (χ3n) is 2.15. The number of anilines is 1. The molecule has 0 fully saturated rings. The molecule has 100 valence electrons. The van der Waals surface area contributed by atoms with Crippen molar-refractivity contribution in [2.45, 2.75) is 18.2 Å². The van der Waals surface area contributed by atoms with Crippen molar-refractivity contribution < 1.29 is 17.9 Å². The van der Waals surface area contributed by atoms with Gasteiger partial charge in [0.1, 0.15) is 0 Å². The summed E-state index contributed by atoms with van der Waals surface area (Å²) >= 11 is 0. The molecule has 0 aliphatic heterocycles. The first kappa shape index (κ1) is 14.5. The highest BCUT2D eigenvalue weighted by molar-refractivity contribution is 7.89. The minimum absolute atomic E-state index is 0.0541. The second-order valence-electron chi connectivity index (χ2n) is 3.55. The van der Waals surface area contributed by atoms with Crippen molar-refractivity contribution in [1.82, 2.24) is 0 Å². The monoisotopic (exact) mass is 272 g/mol. The van der Waals surface area contributed by atoms with E-state index in [4.69, 9.17) is 9.88 Å². The predicted octanol–water partition coefficient (Wildman–Crippen LogP) is 0.699. The highest BCUT2D eigenvalue weighted by atomic mass is 32.2. The summed E-state index contributed by atoms with van der Waals surface area (Å²) in [7, 11) is -3.66. The normalized spacial score (nSPS) is 11.0. The number of esters is 1. The van der Waals surface area contributed by atoms with Crippen molar-refractivity contribution >= 4 is 21.7 Å². The van der Waals surface area contributed by atoms with Crippen molar-refractivity contribution in [1.29, 1.82) is 0 Å². The van der Waals surface area contributed by atoms with Crippen LogP contribution in [0, 0.1) is 0 Å². The van der Waals surface area contributed by atoms with E-state index in [1.165, 1.54) is 12.1 Å². The Morgan fingerprint density at radius 1 is 1.33 bits per heavy atom. The number of hydrogen-bond donors (Lipinski definition) is 2. The largest absolute Gasteiger partial charge is 0.466 e. The summed E-state index contributed by atoms with van der Waals surface area (Å²) in [6, 6.07) is 5.99. The molecule has 0 saturated carbocycles. The predicted molar refractivity (Wildman–Crippen MR) is 67.6 cm³/mol. The van der Waals surface area contributed by atoms with E-state index in [0.717, 1.165) is 0 Å². The molecule has 1 rings (SSSR count). The molecule has 0 unspecified atom stereocenters. The van der Waals surface area contributed by atoms with Gasteiger partial charge in [-0.3, -0.25) is 4.79 Å². The zero-order chi connectivity index (χ0) is 13.6. The summed E-state index contributed by atoms with van der Waals surface area (Å²) in [4.78, 5) is 11.1. The first-order chi connectivity index (χ1) is 8.43. The van der Waals surface area contributed by atoms with E-state index in [0.29, 0.717) is 18.8 Å². The molecular weight excluding hydrogens is 256 g/mol. The standard InChI is InChI=1S/C11H16N2O4S/c1-2-17-11(14)7-8-13-9-3-5-10(6-4-9)18(12,15)16/h3-6,13H,2,7-8H2,1H3,(H2,12,15,16). The maximum Gasteiger partial charge on any atom is 0.307 e. The lowest BCUT2D eigenvalue weighted by Gasteiger charge is -2.06. The van der Waals surface area contributed by atoms with Gasteiger partial charge >= 0.3 is 5.97 Å². The van der Waals surface area contributed by atoms with Crippen molar-refractivity contribution in [3.05, 3.63) is 24.3 Å². The number of nitrogens with two attached hydrogens (primary N) is 1. The summed E-state index contributed by atoms with van der Waals surface area (Å²) in [6.45, 7) is 2.53. The third-order valence-corrected chi connectivity index (χ3v) is 3.08. The van der Waals surface area contributed by atoms with Gasteiger partial charge in [-0.05, 0) is 31.2 Å². The minimum atomic E-state index is -3.66. The summed E-state index contributed by atoms with van der Waals surface area (Å²) in [5, 5.41) is 7.95. The van der Waals surface area contributed by atoms with Crippen LogP contribution in [0.15, 0.2) is 29.2 Å². The number of ether oxygens (including phenoxy) is 1. The zero-order valence-electron chi connectivity index (χ0n) is 10.0. The Kier molecular flexibility index (Phi) is 5.11. The molecule has 0 aliphatic rings. The molecule has 0 heterocycles. The number of primary sulfonamides is 1. The van der Waals surface area contributed by atoms with Gasteiger partial charge in [-0.25, -0.2) is 13.6 Å². The average Bonchev–Trinajstić information content (AvgIpc) is 2.29. The molecule has 0 saturated heterocycles. The van der Waals surface area contributed by atoms with Gasteiger partial charge in [0.15, 0.2) is 0 Å². The van der Waals surface area contributed by atoms with E-state index < -0.39 is 10.0 Å². The number of sulfonamides is 1. The molecule has 6 nitrogen and oxygen atoms in total. The number of nitrogens with one attached hydrogen (secondary N) is 1. The van der Waals surface area contributed by atoms with Crippen LogP contribution >= 0.6 is 0 Å². The topological polar surface area (TPSA) is 98.5 Å². The SMILES string of the molecule is CCOC(=O)CCNc1ccc(S(N)(=O)=O)cc1. The summed E-state index contributed by atoms with van der Waals surface area (Å²) < 4.78 is 26.8. The molecule has 1 aromatic rings. The van der Waals surface area contributed by atoms with Crippen LogP contribution in [-0.4, -0.2) is 27.5 Å². The lowest BCUT2D eigenvalue weighted by Crippen LogP contribution is -2.13. The van der Waals surface area contributed by atoms with Gasteiger partial charge in [0.05, 0.1) is 17.9 Å². The van der Waals surface area contributed by atoms with Crippen LogP contribution in [0.25, 0.3) is 0 Å². The van der Waals surface area contributed by atoms with Gasteiger partial charge in [-0.1, -0.05) is 0 Å². The zero-order valence-corrected chi connectivity index (χ0v) is 10.9. The van der Waals surface area contributed by atoms with Crippen LogP contribution in [0.1, 0.15) is 13.3 Å². The van der Waals surface area contributed by atoms with E-state index in [9.17, 15) is 13.2 Å². The maximum atomic E-state index is 11.1. The van der Waals surface area contributed by atoms with E-state index in [1.54, 1.807) is 19.1 Å². The highest BCUT2D eigenvalue weighted by Crippen LogP contribution is 2.12. The number of rotatable bonds is 6. The van der Waals surface area contributed by atoms with E-state index >= 15 is 0 Å². The Balaban J connectivity index is 2.47. The van der Waals surface area contributed by atoms with Gasteiger partial charge in [0, 0.05) is 12.2 Å². The quantitative estimate of drug-likeness (QED) is 0.743. The number of hydrogen-bond acceptors (Lipinski definition) is 5. The highest BCUT2D eigenvalue weighted by Gasteiger charge is 2.06. The molecule has 7 heteroatoms. The van der Waals surface area contributed by atoms with Crippen LogP contribution in [-0.2, 0) is 19.6 Å². The Morgan fingerprint density at radius 2 is 1.94 bits per heavy atom. The molecule has 0 amide bonds. The molecule has 3 N–H and O–H groups in total. The van der Waals surface area contributed by atoms with Crippen molar-refractivity contribution in [2.24, 2.45) is 5.14 Å². The van der Waals surface area contributed by atoms with E-state index in [1.807, 2.05) is 0 Å². The molecule has 1 aromatic carbocycles. The first-order valence-electron chi connectivity index (χ1n) is 5.46. The second kappa shape index (κ2) is 6.36. The fourth-order valence-electron chi connectivity index (χ4n) is 1.30. The lowest BCUT2D eigenvalue weighted by atomic mass is 10.3. The molecule has 0 aromatic heterocycles. The molecule has 0 radical (unpaired) electrons. The van der Waals surface area contributed by atoms with Crippen molar-refractivity contribution in [2.75, 3.05) is 18.5 Å². The fraction of sp³-hybridized carbons (Fsp3) is 0.364. The van der Waals surface area contributed by atoms with Crippen LogP contribution in [0.3, 0.4) is 0 Å². The van der Waals surface area contributed by atoms with Crippen molar-refractivity contribution in [3.63, 3.8) is 0 Å². The van der Waals surface area contributed by atoms with Gasteiger partial charge in [-0.2, -0.15) is 0 Å². The van der Waals surface area contributed by atoms with Crippen LogP contribution in [0.5, 0.6) is 0 Å². The number of benzene rings is 1. The van der Waals surface area contributed by atoms with Crippen LogP contribution < -0.4 is 10.5 Å². The van der Waals surface area contributed by atoms with Crippen LogP contribution in [0.4, 0.5) is 5.69 Å².